The summed E-state index contributed by atoms with van der Waals surface area (Å²) in [5, 5.41) is 2.66. The largest absolute Gasteiger partial charge is 0.383 e. The van der Waals surface area contributed by atoms with Gasteiger partial charge in [-0.25, -0.2) is 21.6 Å². The highest BCUT2D eigenvalue weighted by Crippen LogP contribution is 2.16. The highest BCUT2D eigenvalue weighted by Gasteiger charge is 2.18. The number of sulfonamides is 1. The lowest BCUT2D eigenvalue weighted by molar-refractivity contribution is 0.0953. The predicted octanol–water partition coefficient (Wildman–Crippen LogP) is 1.51. The Morgan fingerprint density at radius 2 is 1.67 bits per heavy atom. The van der Waals surface area contributed by atoms with Gasteiger partial charge in [0.2, 0.25) is 10.0 Å². The molecule has 0 aromatic heterocycles. The summed E-state index contributed by atoms with van der Waals surface area (Å²) in [5.41, 5.74) is 0.829. The molecule has 2 aromatic rings. The van der Waals surface area contributed by atoms with Crippen LogP contribution in [0.2, 0.25) is 0 Å². The average Bonchev–Trinajstić information content (AvgIpc) is 2.72. The summed E-state index contributed by atoms with van der Waals surface area (Å²) in [6.07, 6.45) is 0.235. The van der Waals surface area contributed by atoms with Crippen molar-refractivity contribution in [2.45, 2.75) is 23.1 Å². The minimum absolute atomic E-state index is 0.0268. The fourth-order valence-corrected chi connectivity index (χ4v) is 5.05. The summed E-state index contributed by atoms with van der Waals surface area (Å²) in [5.74, 6) is -0.563. The van der Waals surface area contributed by atoms with E-state index in [-0.39, 0.29) is 47.2 Å². The van der Waals surface area contributed by atoms with Crippen LogP contribution in [0.25, 0.3) is 0 Å². The summed E-state index contributed by atoms with van der Waals surface area (Å²) in [4.78, 5) is 12.7. The van der Waals surface area contributed by atoms with Gasteiger partial charge in [0.1, 0.15) is 0 Å². The van der Waals surface area contributed by atoms with E-state index in [1.807, 2.05) is 0 Å². The third kappa shape index (κ3) is 6.63. The van der Waals surface area contributed by atoms with Gasteiger partial charge in [0.05, 0.1) is 22.2 Å². The number of rotatable bonds is 11. The van der Waals surface area contributed by atoms with Crippen molar-refractivity contribution in [2.75, 3.05) is 32.6 Å². The number of nitrogens with one attached hydrogen (secondary N) is 2. The van der Waals surface area contributed by atoms with Crippen LogP contribution in [-0.2, 0) is 24.6 Å². The van der Waals surface area contributed by atoms with Gasteiger partial charge in [-0.1, -0.05) is 24.3 Å². The van der Waals surface area contributed by atoms with Crippen molar-refractivity contribution in [2.24, 2.45) is 0 Å². The molecule has 10 heteroatoms. The summed E-state index contributed by atoms with van der Waals surface area (Å²) in [6, 6.07) is 12.4. The Hall–Kier alpha value is -2.27. The summed E-state index contributed by atoms with van der Waals surface area (Å²) in [7, 11) is -5.72. The third-order valence-electron chi connectivity index (χ3n) is 4.34. The van der Waals surface area contributed by atoms with Crippen LogP contribution in [0, 0.1) is 6.92 Å². The molecule has 0 aliphatic heterocycles. The van der Waals surface area contributed by atoms with Crippen LogP contribution in [0.3, 0.4) is 0 Å². The molecule has 0 spiro atoms. The van der Waals surface area contributed by atoms with Crippen molar-refractivity contribution in [1.82, 2.24) is 10.0 Å². The molecule has 0 bridgehead atoms. The molecule has 0 heterocycles. The Labute approximate surface area is 177 Å². The average molecular weight is 455 g/mol. The van der Waals surface area contributed by atoms with E-state index in [0.717, 1.165) is 0 Å². The fourth-order valence-electron chi connectivity index (χ4n) is 2.68. The molecule has 164 valence electrons. The maximum absolute atomic E-state index is 12.5. The molecule has 2 rings (SSSR count). The van der Waals surface area contributed by atoms with Crippen molar-refractivity contribution in [1.29, 1.82) is 0 Å². The van der Waals surface area contributed by atoms with E-state index in [1.54, 1.807) is 31.2 Å². The number of benzene rings is 2. The van der Waals surface area contributed by atoms with Crippen molar-refractivity contribution in [3.05, 3.63) is 59.7 Å². The molecule has 2 aromatic carbocycles. The van der Waals surface area contributed by atoms with E-state index in [2.05, 4.69) is 10.0 Å². The number of ether oxygens (including phenoxy) is 1. The zero-order valence-corrected chi connectivity index (χ0v) is 18.6. The molecule has 0 atom stereocenters. The van der Waals surface area contributed by atoms with Gasteiger partial charge in [-0.05, 0) is 43.2 Å². The van der Waals surface area contributed by atoms with Crippen molar-refractivity contribution >= 4 is 25.8 Å². The Bertz CT molecular complexity index is 1070. The van der Waals surface area contributed by atoms with Gasteiger partial charge in [-0.3, -0.25) is 4.79 Å². The molecule has 0 saturated heterocycles. The van der Waals surface area contributed by atoms with Gasteiger partial charge in [0.25, 0.3) is 5.91 Å². The van der Waals surface area contributed by atoms with E-state index in [9.17, 15) is 21.6 Å². The first-order valence-electron chi connectivity index (χ1n) is 9.32. The zero-order chi connectivity index (χ0) is 22.2. The molecule has 30 heavy (non-hydrogen) atoms. The first-order valence-corrected chi connectivity index (χ1v) is 12.5. The van der Waals surface area contributed by atoms with Crippen LogP contribution in [0.15, 0.2) is 58.3 Å². The molecule has 1 amide bonds. The van der Waals surface area contributed by atoms with Gasteiger partial charge in [0.15, 0.2) is 9.84 Å². The standard InChI is InChI=1S/C20H26N2O6S2/c1-16-9-10-18(30(26,27)22-12-13-28-2)15-19(16)20(23)21-11-6-14-29(24,25)17-7-4-3-5-8-17/h3-5,7-10,15,22H,6,11-14H2,1-2H3,(H,21,23). The van der Waals surface area contributed by atoms with Gasteiger partial charge in [0, 0.05) is 25.8 Å². The number of hydrogen-bond donors (Lipinski definition) is 2. The summed E-state index contributed by atoms with van der Waals surface area (Å²) < 4.78 is 56.4. The highest BCUT2D eigenvalue weighted by atomic mass is 32.2. The fraction of sp³-hybridized carbons (Fsp3) is 0.350. The van der Waals surface area contributed by atoms with Crippen LogP contribution in [-0.4, -0.2) is 55.3 Å². The molecule has 8 nitrogen and oxygen atoms in total. The quantitative estimate of drug-likeness (QED) is 0.497. The number of carbonyl (C=O) groups is 1. The lowest BCUT2D eigenvalue weighted by atomic mass is 10.1. The number of methoxy groups -OCH3 is 1. The SMILES string of the molecule is COCCNS(=O)(=O)c1ccc(C)c(C(=O)NCCCS(=O)(=O)c2ccccc2)c1. The normalized spacial score (nSPS) is 11.9. The topological polar surface area (TPSA) is 119 Å². The van der Waals surface area contributed by atoms with Crippen LogP contribution in [0.5, 0.6) is 0 Å². The first-order chi connectivity index (χ1) is 14.2. The molecular formula is C20H26N2O6S2. The van der Waals surface area contributed by atoms with E-state index in [0.29, 0.717) is 5.56 Å². The van der Waals surface area contributed by atoms with Gasteiger partial charge in [-0.2, -0.15) is 0 Å². The minimum Gasteiger partial charge on any atom is -0.383 e. The Balaban J connectivity index is 1.98. The summed E-state index contributed by atoms with van der Waals surface area (Å²) >= 11 is 0. The van der Waals surface area contributed by atoms with Crippen LogP contribution >= 0.6 is 0 Å². The molecule has 2 N–H and O–H groups in total. The van der Waals surface area contributed by atoms with Gasteiger partial charge in [-0.15, -0.1) is 0 Å². The molecular weight excluding hydrogens is 428 g/mol. The number of carbonyl (C=O) groups excluding carboxylic acids is 1. The Kier molecular flexibility index (Phi) is 8.54. The van der Waals surface area contributed by atoms with Crippen LogP contribution in [0.4, 0.5) is 0 Å². The molecule has 0 saturated carbocycles. The number of hydrogen-bond acceptors (Lipinski definition) is 6. The lowest BCUT2D eigenvalue weighted by Gasteiger charge is -2.11. The third-order valence-corrected chi connectivity index (χ3v) is 7.62. The van der Waals surface area contributed by atoms with Crippen molar-refractivity contribution < 1.29 is 26.4 Å². The van der Waals surface area contributed by atoms with Crippen LogP contribution < -0.4 is 10.0 Å². The van der Waals surface area contributed by atoms with Crippen molar-refractivity contribution in [3.8, 4) is 0 Å². The Morgan fingerprint density at radius 3 is 2.33 bits per heavy atom. The maximum Gasteiger partial charge on any atom is 0.251 e. The van der Waals surface area contributed by atoms with Gasteiger partial charge < -0.3 is 10.1 Å². The second-order valence-electron chi connectivity index (χ2n) is 6.61. The Morgan fingerprint density at radius 1 is 0.967 bits per heavy atom. The zero-order valence-electron chi connectivity index (χ0n) is 16.9. The number of amides is 1. The van der Waals surface area contributed by atoms with E-state index < -0.39 is 25.8 Å². The number of sulfone groups is 1. The van der Waals surface area contributed by atoms with Crippen LogP contribution in [0.1, 0.15) is 22.3 Å². The molecule has 0 fully saturated rings. The summed E-state index contributed by atoms with van der Waals surface area (Å²) in [6.45, 7) is 2.19. The minimum atomic E-state index is -3.77. The van der Waals surface area contributed by atoms with Crippen molar-refractivity contribution in [3.63, 3.8) is 0 Å². The maximum atomic E-state index is 12.5. The van der Waals surface area contributed by atoms with E-state index in [4.69, 9.17) is 4.74 Å². The molecule has 0 aliphatic carbocycles. The van der Waals surface area contributed by atoms with Gasteiger partial charge >= 0.3 is 0 Å². The monoisotopic (exact) mass is 454 g/mol. The molecule has 0 unspecified atom stereocenters. The highest BCUT2D eigenvalue weighted by molar-refractivity contribution is 7.91. The van der Waals surface area contributed by atoms with E-state index >= 15 is 0 Å². The second-order valence-corrected chi connectivity index (χ2v) is 10.5. The smallest absolute Gasteiger partial charge is 0.251 e. The second kappa shape index (κ2) is 10.7. The molecule has 0 radical (unpaired) electrons. The van der Waals surface area contributed by atoms with E-state index in [1.165, 1.54) is 31.4 Å². The molecule has 0 aliphatic rings. The first kappa shape index (κ1) is 24.0. The lowest BCUT2D eigenvalue weighted by Crippen LogP contribution is -2.29. The number of aryl methyl sites for hydroxylation is 1. The predicted molar refractivity (Wildman–Crippen MR) is 114 cm³/mol.